The van der Waals surface area contributed by atoms with Gasteiger partial charge in [-0.3, -0.25) is 0 Å². The van der Waals surface area contributed by atoms with Crippen molar-refractivity contribution in [3.8, 4) is 0 Å². The van der Waals surface area contributed by atoms with Crippen LogP contribution in [-0.4, -0.2) is 26.8 Å². The van der Waals surface area contributed by atoms with E-state index in [1.54, 1.807) is 0 Å². The number of nitrogens with zero attached hydrogens (tertiary/aromatic N) is 3. The van der Waals surface area contributed by atoms with E-state index in [9.17, 15) is 0 Å². The largest absolute Gasteiger partial charge is 0.302 e. The first-order chi connectivity index (χ1) is 5.75. The fourth-order valence-corrected chi connectivity index (χ4v) is 1.64. The van der Waals surface area contributed by atoms with E-state index in [0.29, 0.717) is 5.28 Å². The minimum atomic E-state index is 0.494. The van der Waals surface area contributed by atoms with Crippen LogP contribution in [0.25, 0.3) is 0 Å². The fraction of sp³-hybridized carbons (Fsp3) is 0.714. The lowest BCUT2D eigenvalue weighted by molar-refractivity contribution is 0.662. The number of halogens is 1. The van der Waals surface area contributed by atoms with E-state index in [0.717, 1.165) is 24.5 Å². The first kappa shape index (κ1) is 9.86. The molecule has 0 radical (unpaired) electrons. The quantitative estimate of drug-likeness (QED) is 0.705. The van der Waals surface area contributed by atoms with E-state index >= 15 is 0 Å². The Morgan fingerprint density at radius 1 is 1.50 bits per heavy atom. The Balaban J connectivity index is 2.50. The molecule has 0 saturated heterocycles. The Hall–Kier alpha value is -0.220. The van der Waals surface area contributed by atoms with Crippen molar-refractivity contribution >= 4 is 23.4 Å². The van der Waals surface area contributed by atoms with Gasteiger partial charge in [-0.1, -0.05) is 0 Å². The molecule has 0 spiro atoms. The molecule has 1 rings (SSSR count). The normalized spacial score (nSPS) is 10.6. The molecule has 12 heavy (non-hydrogen) atoms. The average Bonchev–Trinajstić information content (AvgIpc) is 2.35. The Morgan fingerprint density at radius 2 is 2.25 bits per heavy atom. The lowest BCUT2D eigenvalue weighted by Crippen LogP contribution is -2.01. The Bertz CT molecular complexity index is 229. The molecule has 0 aliphatic carbocycles. The molecule has 0 aliphatic heterocycles. The number of thioether (sulfide) groups is 1. The first-order valence-electron chi connectivity index (χ1n) is 3.80. The molecule has 68 valence electrons. The van der Waals surface area contributed by atoms with Gasteiger partial charge in [0, 0.05) is 6.54 Å². The number of aryl methyl sites for hydroxylation is 1. The van der Waals surface area contributed by atoms with Crippen molar-refractivity contribution < 1.29 is 0 Å². The smallest absolute Gasteiger partial charge is 0.225 e. The first-order valence-corrected chi connectivity index (χ1v) is 5.57. The summed E-state index contributed by atoms with van der Waals surface area (Å²) in [7, 11) is 0. The van der Waals surface area contributed by atoms with Crippen LogP contribution < -0.4 is 0 Å². The summed E-state index contributed by atoms with van der Waals surface area (Å²) >= 11 is 7.64. The third-order valence-electron chi connectivity index (χ3n) is 1.62. The molecule has 0 atom stereocenters. The summed E-state index contributed by atoms with van der Waals surface area (Å²) in [6.07, 6.45) is 3.21. The van der Waals surface area contributed by atoms with Gasteiger partial charge in [0.1, 0.15) is 5.82 Å². The number of hydrogen-bond acceptors (Lipinski definition) is 3. The second kappa shape index (κ2) is 4.72. The third kappa shape index (κ3) is 2.38. The van der Waals surface area contributed by atoms with E-state index in [4.69, 9.17) is 11.6 Å². The van der Waals surface area contributed by atoms with Crippen LogP contribution in [0.5, 0.6) is 0 Å². The molecule has 1 aromatic heterocycles. The minimum Gasteiger partial charge on any atom is -0.302 e. The van der Waals surface area contributed by atoms with Gasteiger partial charge in [-0.25, -0.2) is 0 Å². The Labute approximate surface area is 81.5 Å². The number of aromatic nitrogens is 3. The molecule has 0 aliphatic rings. The summed E-state index contributed by atoms with van der Waals surface area (Å²) in [5.41, 5.74) is 0. The van der Waals surface area contributed by atoms with Gasteiger partial charge in [-0.2, -0.15) is 11.8 Å². The van der Waals surface area contributed by atoms with E-state index in [1.807, 2.05) is 23.3 Å². The van der Waals surface area contributed by atoms with Gasteiger partial charge < -0.3 is 4.57 Å². The lowest BCUT2D eigenvalue weighted by atomic mass is 10.4. The lowest BCUT2D eigenvalue weighted by Gasteiger charge is -2.02. The zero-order valence-corrected chi connectivity index (χ0v) is 8.82. The predicted molar refractivity (Wildman–Crippen MR) is 52.8 cm³/mol. The minimum absolute atomic E-state index is 0.494. The molecule has 1 heterocycles. The monoisotopic (exact) mass is 205 g/mol. The molecule has 5 heteroatoms. The zero-order valence-electron chi connectivity index (χ0n) is 7.25. The summed E-state index contributed by atoms with van der Waals surface area (Å²) in [5, 5.41) is 8.13. The summed E-state index contributed by atoms with van der Waals surface area (Å²) in [6, 6.07) is 0. The third-order valence-corrected chi connectivity index (χ3v) is 2.60. The van der Waals surface area contributed by atoms with Gasteiger partial charge in [0.15, 0.2) is 0 Å². The maximum absolute atomic E-state index is 5.81. The summed E-state index contributed by atoms with van der Waals surface area (Å²) in [6.45, 7) is 2.83. The highest BCUT2D eigenvalue weighted by atomic mass is 35.5. The maximum Gasteiger partial charge on any atom is 0.225 e. The number of hydrogen-bond donors (Lipinski definition) is 0. The summed E-state index contributed by atoms with van der Waals surface area (Å²) in [5.74, 6) is 2.04. The van der Waals surface area contributed by atoms with Crippen LogP contribution in [0.15, 0.2) is 0 Å². The highest BCUT2D eigenvalue weighted by Crippen LogP contribution is 2.08. The van der Waals surface area contributed by atoms with Crippen LogP contribution in [0.1, 0.15) is 12.2 Å². The van der Waals surface area contributed by atoms with Gasteiger partial charge in [0.25, 0.3) is 0 Å². The molecule has 0 amide bonds. The van der Waals surface area contributed by atoms with E-state index in [-0.39, 0.29) is 0 Å². The molecule has 3 nitrogen and oxygen atoms in total. The second-order valence-corrected chi connectivity index (χ2v) is 3.84. The van der Waals surface area contributed by atoms with Crippen LogP contribution in [0.4, 0.5) is 0 Å². The predicted octanol–water partition coefficient (Wildman–Crippen LogP) is 1.99. The highest BCUT2D eigenvalue weighted by Gasteiger charge is 2.04. The molecule has 0 bridgehead atoms. The van der Waals surface area contributed by atoms with Crippen LogP contribution in [0.3, 0.4) is 0 Å². The van der Waals surface area contributed by atoms with Gasteiger partial charge >= 0.3 is 0 Å². The average molecular weight is 206 g/mol. The summed E-state index contributed by atoms with van der Waals surface area (Å²) < 4.78 is 1.93. The maximum atomic E-state index is 5.81. The Kier molecular flexibility index (Phi) is 3.88. The molecular formula is C7H12ClN3S. The van der Waals surface area contributed by atoms with E-state index < -0.39 is 0 Å². The molecule has 0 aromatic carbocycles. The van der Waals surface area contributed by atoms with E-state index in [1.165, 1.54) is 0 Å². The molecule has 1 aromatic rings. The van der Waals surface area contributed by atoms with Crippen molar-refractivity contribution in [1.82, 2.24) is 14.8 Å². The molecule has 0 N–H and O–H groups in total. The van der Waals surface area contributed by atoms with Gasteiger partial charge in [-0.15, -0.1) is 10.2 Å². The van der Waals surface area contributed by atoms with Crippen molar-refractivity contribution in [3.63, 3.8) is 0 Å². The van der Waals surface area contributed by atoms with Crippen LogP contribution in [0.2, 0.25) is 5.28 Å². The van der Waals surface area contributed by atoms with Crippen molar-refractivity contribution in [3.05, 3.63) is 11.1 Å². The summed E-state index contributed by atoms with van der Waals surface area (Å²) in [4.78, 5) is 0. The van der Waals surface area contributed by atoms with Crippen LogP contribution >= 0.6 is 23.4 Å². The highest BCUT2D eigenvalue weighted by molar-refractivity contribution is 7.98. The van der Waals surface area contributed by atoms with Crippen molar-refractivity contribution in [2.45, 2.75) is 19.9 Å². The fourth-order valence-electron chi connectivity index (χ4n) is 0.976. The number of rotatable bonds is 4. The molecular weight excluding hydrogens is 194 g/mol. The second-order valence-electron chi connectivity index (χ2n) is 2.51. The van der Waals surface area contributed by atoms with Crippen molar-refractivity contribution in [2.24, 2.45) is 0 Å². The SMILES string of the molecule is CSCCCn1c(C)nnc1Cl. The molecule has 0 unspecified atom stereocenters. The van der Waals surface area contributed by atoms with Crippen LogP contribution in [-0.2, 0) is 6.54 Å². The Morgan fingerprint density at radius 3 is 2.75 bits per heavy atom. The topological polar surface area (TPSA) is 30.7 Å². The van der Waals surface area contributed by atoms with Gasteiger partial charge in [0.2, 0.25) is 5.28 Å². The van der Waals surface area contributed by atoms with Gasteiger partial charge in [0.05, 0.1) is 0 Å². The van der Waals surface area contributed by atoms with E-state index in [2.05, 4.69) is 16.5 Å². The van der Waals surface area contributed by atoms with Gasteiger partial charge in [-0.05, 0) is 37.0 Å². The zero-order chi connectivity index (χ0) is 8.97. The van der Waals surface area contributed by atoms with Crippen molar-refractivity contribution in [1.29, 1.82) is 0 Å². The standard InChI is InChI=1S/C7H12ClN3S/c1-6-9-10-7(8)11(6)4-3-5-12-2/h3-5H2,1-2H3. The molecule has 0 saturated carbocycles. The van der Waals surface area contributed by atoms with Crippen molar-refractivity contribution in [2.75, 3.05) is 12.0 Å². The molecule has 0 fully saturated rings. The van der Waals surface area contributed by atoms with Crippen LogP contribution in [0, 0.1) is 6.92 Å².